The standard InChI is InChI=1S/C16H19NOS/c1-13(12-17-14-8-4-3-5-9-14)18-15-10-6-7-11-16(15)19-2/h3-11,13,17H,12H2,1-2H3. The maximum absolute atomic E-state index is 5.97. The van der Waals surface area contributed by atoms with E-state index in [2.05, 4.69) is 36.7 Å². The minimum atomic E-state index is 0.119. The molecular weight excluding hydrogens is 254 g/mol. The summed E-state index contributed by atoms with van der Waals surface area (Å²) >= 11 is 1.71. The molecule has 0 aliphatic rings. The summed E-state index contributed by atoms with van der Waals surface area (Å²) in [5, 5.41) is 3.37. The van der Waals surface area contributed by atoms with Crippen LogP contribution in [0.3, 0.4) is 0 Å². The van der Waals surface area contributed by atoms with Crippen LogP contribution in [0.1, 0.15) is 6.92 Å². The van der Waals surface area contributed by atoms with Crippen molar-refractivity contribution in [1.29, 1.82) is 0 Å². The molecule has 3 heteroatoms. The average molecular weight is 273 g/mol. The molecule has 1 N–H and O–H groups in total. The fourth-order valence-corrected chi connectivity index (χ4v) is 2.32. The van der Waals surface area contributed by atoms with E-state index < -0.39 is 0 Å². The summed E-state index contributed by atoms with van der Waals surface area (Å²) in [5.41, 5.74) is 1.12. The summed E-state index contributed by atoms with van der Waals surface area (Å²) < 4.78 is 5.97. The monoisotopic (exact) mass is 273 g/mol. The van der Waals surface area contributed by atoms with Crippen molar-refractivity contribution in [1.82, 2.24) is 0 Å². The van der Waals surface area contributed by atoms with Crippen LogP contribution in [0.25, 0.3) is 0 Å². The van der Waals surface area contributed by atoms with Crippen LogP contribution in [-0.2, 0) is 0 Å². The number of benzene rings is 2. The van der Waals surface area contributed by atoms with Gasteiger partial charge in [0.2, 0.25) is 0 Å². The van der Waals surface area contributed by atoms with Gasteiger partial charge in [-0.1, -0.05) is 30.3 Å². The van der Waals surface area contributed by atoms with E-state index in [9.17, 15) is 0 Å². The van der Waals surface area contributed by atoms with E-state index in [0.717, 1.165) is 18.0 Å². The van der Waals surface area contributed by atoms with Crippen LogP contribution in [0.4, 0.5) is 5.69 Å². The largest absolute Gasteiger partial charge is 0.488 e. The first-order valence-corrected chi connectivity index (χ1v) is 7.60. The Morgan fingerprint density at radius 1 is 1.05 bits per heavy atom. The molecule has 2 nitrogen and oxygen atoms in total. The first kappa shape index (κ1) is 13.8. The second-order valence-corrected chi connectivity index (χ2v) is 5.17. The molecule has 0 aliphatic heterocycles. The van der Waals surface area contributed by atoms with Gasteiger partial charge >= 0.3 is 0 Å². The lowest BCUT2D eigenvalue weighted by molar-refractivity contribution is 0.229. The number of hydrogen-bond acceptors (Lipinski definition) is 3. The Kier molecular flexibility index (Phi) is 5.16. The normalized spacial score (nSPS) is 11.9. The summed E-state index contributed by atoms with van der Waals surface area (Å²) in [6.45, 7) is 2.86. The van der Waals surface area contributed by atoms with Crippen LogP contribution < -0.4 is 10.1 Å². The number of nitrogens with one attached hydrogen (secondary N) is 1. The Balaban J connectivity index is 1.89. The van der Waals surface area contributed by atoms with Crippen molar-refractivity contribution >= 4 is 17.4 Å². The third kappa shape index (κ3) is 4.21. The maximum Gasteiger partial charge on any atom is 0.133 e. The molecule has 0 aromatic heterocycles. The first-order chi connectivity index (χ1) is 9.29. The maximum atomic E-state index is 5.97. The third-order valence-electron chi connectivity index (χ3n) is 2.76. The van der Waals surface area contributed by atoms with Gasteiger partial charge in [-0.2, -0.15) is 0 Å². The third-order valence-corrected chi connectivity index (χ3v) is 3.54. The summed E-state index contributed by atoms with van der Waals surface area (Å²) in [6.07, 6.45) is 2.18. The van der Waals surface area contributed by atoms with Crippen molar-refractivity contribution in [3.8, 4) is 5.75 Å². The fourth-order valence-electron chi connectivity index (χ4n) is 1.79. The molecule has 0 radical (unpaired) electrons. The highest BCUT2D eigenvalue weighted by Gasteiger charge is 2.07. The molecule has 100 valence electrons. The lowest BCUT2D eigenvalue weighted by Gasteiger charge is -2.17. The van der Waals surface area contributed by atoms with E-state index in [4.69, 9.17) is 4.74 Å². The van der Waals surface area contributed by atoms with Gasteiger partial charge in [0.25, 0.3) is 0 Å². The van der Waals surface area contributed by atoms with Gasteiger partial charge in [-0.25, -0.2) is 0 Å². The molecule has 0 saturated carbocycles. The topological polar surface area (TPSA) is 21.3 Å². The highest BCUT2D eigenvalue weighted by atomic mass is 32.2. The highest BCUT2D eigenvalue weighted by molar-refractivity contribution is 7.98. The number of ether oxygens (including phenoxy) is 1. The smallest absolute Gasteiger partial charge is 0.133 e. The molecule has 19 heavy (non-hydrogen) atoms. The summed E-state index contributed by atoms with van der Waals surface area (Å²) in [7, 11) is 0. The molecule has 0 amide bonds. The van der Waals surface area contributed by atoms with Crippen molar-refractivity contribution < 1.29 is 4.74 Å². The van der Waals surface area contributed by atoms with Gasteiger partial charge < -0.3 is 10.1 Å². The van der Waals surface area contributed by atoms with E-state index in [-0.39, 0.29) is 6.10 Å². The Labute approximate surface area is 119 Å². The fraction of sp³-hybridized carbons (Fsp3) is 0.250. The lowest BCUT2D eigenvalue weighted by Crippen LogP contribution is -2.22. The Bertz CT molecular complexity index is 501. The zero-order valence-corrected chi connectivity index (χ0v) is 12.1. The van der Waals surface area contributed by atoms with Crippen molar-refractivity contribution in [3.05, 3.63) is 54.6 Å². The molecule has 0 aliphatic carbocycles. The number of rotatable bonds is 6. The van der Waals surface area contributed by atoms with Gasteiger partial charge in [-0.15, -0.1) is 11.8 Å². The van der Waals surface area contributed by atoms with E-state index in [1.807, 2.05) is 36.4 Å². The van der Waals surface area contributed by atoms with Gasteiger partial charge in [-0.05, 0) is 37.4 Å². The van der Waals surface area contributed by atoms with Crippen molar-refractivity contribution in [2.24, 2.45) is 0 Å². The molecule has 2 aromatic carbocycles. The van der Waals surface area contributed by atoms with Crippen LogP contribution in [0, 0.1) is 0 Å². The number of anilines is 1. The van der Waals surface area contributed by atoms with Crippen LogP contribution >= 0.6 is 11.8 Å². The van der Waals surface area contributed by atoms with Crippen molar-refractivity contribution in [2.75, 3.05) is 18.1 Å². The van der Waals surface area contributed by atoms with Crippen LogP contribution in [0.5, 0.6) is 5.75 Å². The Morgan fingerprint density at radius 3 is 2.47 bits per heavy atom. The summed E-state index contributed by atoms with van der Waals surface area (Å²) in [6, 6.07) is 18.3. The highest BCUT2D eigenvalue weighted by Crippen LogP contribution is 2.27. The van der Waals surface area contributed by atoms with Gasteiger partial charge in [0.05, 0.1) is 6.54 Å². The zero-order chi connectivity index (χ0) is 13.5. The van der Waals surface area contributed by atoms with Crippen molar-refractivity contribution in [3.63, 3.8) is 0 Å². The van der Waals surface area contributed by atoms with Gasteiger partial charge in [0.1, 0.15) is 11.9 Å². The van der Waals surface area contributed by atoms with Gasteiger partial charge in [0, 0.05) is 10.6 Å². The first-order valence-electron chi connectivity index (χ1n) is 6.38. The lowest BCUT2D eigenvalue weighted by atomic mass is 10.3. The number of para-hydroxylation sites is 2. The van der Waals surface area contributed by atoms with Gasteiger partial charge in [-0.3, -0.25) is 0 Å². The van der Waals surface area contributed by atoms with E-state index in [0.29, 0.717) is 0 Å². The Morgan fingerprint density at radius 2 is 1.74 bits per heavy atom. The molecule has 2 rings (SSSR count). The van der Waals surface area contributed by atoms with Crippen molar-refractivity contribution in [2.45, 2.75) is 17.9 Å². The summed E-state index contributed by atoms with van der Waals surface area (Å²) in [4.78, 5) is 1.18. The molecular formula is C16H19NOS. The minimum Gasteiger partial charge on any atom is -0.488 e. The SMILES string of the molecule is CSc1ccccc1OC(C)CNc1ccccc1. The number of hydrogen-bond donors (Lipinski definition) is 1. The van der Waals surface area contributed by atoms with Crippen LogP contribution in [0.15, 0.2) is 59.5 Å². The molecule has 0 fully saturated rings. The predicted octanol–water partition coefficient (Wildman–Crippen LogP) is 4.29. The molecule has 0 heterocycles. The Hall–Kier alpha value is -1.61. The molecule has 0 bridgehead atoms. The minimum absolute atomic E-state index is 0.119. The van der Waals surface area contributed by atoms with Gasteiger partial charge in [0.15, 0.2) is 0 Å². The molecule has 1 unspecified atom stereocenters. The quantitative estimate of drug-likeness (QED) is 0.793. The van der Waals surface area contributed by atoms with Crippen LogP contribution in [-0.4, -0.2) is 18.9 Å². The van der Waals surface area contributed by atoms with E-state index in [1.165, 1.54) is 4.90 Å². The average Bonchev–Trinajstić information content (AvgIpc) is 2.47. The summed E-state index contributed by atoms with van der Waals surface area (Å²) in [5.74, 6) is 0.956. The van der Waals surface area contributed by atoms with E-state index >= 15 is 0 Å². The van der Waals surface area contributed by atoms with E-state index in [1.54, 1.807) is 11.8 Å². The van der Waals surface area contributed by atoms with Crippen LogP contribution in [0.2, 0.25) is 0 Å². The number of thioether (sulfide) groups is 1. The molecule has 1 atom stereocenters. The molecule has 0 saturated heterocycles. The predicted molar refractivity (Wildman–Crippen MR) is 83.2 cm³/mol. The zero-order valence-electron chi connectivity index (χ0n) is 11.3. The molecule has 2 aromatic rings. The second kappa shape index (κ2) is 7.10. The molecule has 0 spiro atoms. The second-order valence-electron chi connectivity index (χ2n) is 4.33.